The Morgan fingerprint density at radius 3 is 2.71 bits per heavy atom. The molecule has 4 aromatic rings. The number of nitrogens with one attached hydrogen (secondary N) is 2. The first kappa shape index (κ1) is 24.3. The van der Waals surface area contributed by atoms with Gasteiger partial charge in [-0.1, -0.05) is 41.4 Å². The van der Waals surface area contributed by atoms with Crippen molar-refractivity contribution in [1.82, 2.24) is 20.3 Å². The largest absolute Gasteiger partial charge is 0.454 e. The van der Waals surface area contributed by atoms with Gasteiger partial charge in [0, 0.05) is 16.8 Å². The highest BCUT2D eigenvalue weighted by Crippen LogP contribution is 2.38. The van der Waals surface area contributed by atoms with Crippen LogP contribution in [0.4, 0.5) is 17.3 Å². The molecular weight excluding hydrogens is 515 g/mol. The van der Waals surface area contributed by atoms with Gasteiger partial charge in [0.2, 0.25) is 11.8 Å². The predicted molar refractivity (Wildman–Crippen MR) is 135 cm³/mol. The van der Waals surface area contributed by atoms with Gasteiger partial charge in [-0.3, -0.25) is 4.79 Å². The predicted octanol–water partition coefficient (Wildman–Crippen LogP) is 6.01. The number of nitrogens with two attached hydrogens (primary N) is 1. The van der Waals surface area contributed by atoms with Crippen molar-refractivity contribution in [2.45, 2.75) is 6.54 Å². The van der Waals surface area contributed by atoms with Crippen molar-refractivity contribution in [2.75, 3.05) is 11.1 Å². The summed E-state index contributed by atoms with van der Waals surface area (Å²) in [6.07, 6.45) is 3.87. The molecule has 0 radical (unpaired) electrons. The first-order valence-corrected chi connectivity index (χ1v) is 11.1. The minimum Gasteiger partial charge on any atom is -0.454 e. The third-order valence-corrected chi connectivity index (χ3v) is 5.42. The molecule has 2 heterocycles. The average molecular weight is 532 g/mol. The molecule has 4 rings (SSSR count). The monoisotopic (exact) mass is 530 g/mol. The lowest BCUT2D eigenvalue weighted by molar-refractivity contribution is -0.116. The molecular formula is C23H17Cl3N6O3. The van der Waals surface area contributed by atoms with Crippen LogP contribution < -0.4 is 21.1 Å². The molecule has 178 valence electrons. The Morgan fingerprint density at radius 2 is 1.94 bits per heavy atom. The number of carbonyl (C=O) groups is 1. The number of carbonyl (C=O) groups excluding carboxylic acids is 1. The molecule has 4 N–H and O–H groups in total. The third-order valence-electron chi connectivity index (χ3n) is 4.58. The van der Waals surface area contributed by atoms with Crippen molar-refractivity contribution in [1.29, 1.82) is 0 Å². The normalized spacial score (nSPS) is 10.6. The fourth-order valence-corrected chi connectivity index (χ4v) is 3.47. The molecule has 35 heavy (non-hydrogen) atoms. The molecule has 9 nitrogen and oxygen atoms in total. The summed E-state index contributed by atoms with van der Waals surface area (Å²) in [5.41, 5.74) is 7.49. The van der Waals surface area contributed by atoms with E-state index in [1.165, 1.54) is 12.6 Å². The molecule has 0 aliphatic carbocycles. The molecule has 0 saturated heterocycles. The van der Waals surface area contributed by atoms with Crippen LogP contribution in [0.5, 0.6) is 11.5 Å². The number of hydrogen-bond acceptors (Lipinski definition) is 8. The summed E-state index contributed by atoms with van der Waals surface area (Å²) in [5.74, 6) is 1.08. The Hall–Kier alpha value is -3.79. The van der Waals surface area contributed by atoms with Crippen molar-refractivity contribution < 1.29 is 13.9 Å². The molecule has 0 bridgehead atoms. The van der Waals surface area contributed by atoms with Crippen molar-refractivity contribution in [3.05, 3.63) is 82.4 Å². The maximum atomic E-state index is 11.4. The summed E-state index contributed by atoms with van der Waals surface area (Å²) >= 11 is 18.6. The SMILES string of the molecule is C=CC(=O)NCc1coc(-c2c(N)ncnc2Nc2ccc(Oc3cc(Cl)ccc3Cl)c(Cl)c2)n1. The Morgan fingerprint density at radius 1 is 1.11 bits per heavy atom. The average Bonchev–Trinajstić information content (AvgIpc) is 3.30. The van der Waals surface area contributed by atoms with Gasteiger partial charge in [-0.25, -0.2) is 15.0 Å². The minimum absolute atomic E-state index is 0.146. The standard InChI is InChI=1S/C23H17Cl3N6O3/c1-2-19(33)28-9-14-10-34-23(32-14)20-21(27)29-11-30-22(20)31-13-4-6-17(16(26)8-13)35-18-7-12(24)3-5-15(18)25/h2-8,10-11H,1,9H2,(H,28,33)(H3,27,29,30,31). The van der Waals surface area contributed by atoms with Crippen LogP contribution in [0, 0.1) is 0 Å². The van der Waals surface area contributed by atoms with Crippen molar-refractivity contribution >= 4 is 58.0 Å². The van der Waals surface area contributed by atoms with Gasteiger partial charge >= 0.3 is 0 Å². The smallest absolute Gasteiger partial charge is 0.243 e. The molecule has 0 unspecified atom stereocenters. The van der Waals surface area contributed by atoms with E-state index in [4.69, 9.17) is 49.7 Å². The van der Waals surface area contributed by atoms with Gasteiger partial charge in [0.25, 0.3) is 0 Å². The van der Waals surface area contributed by atoms with E-state index < -0.39 is 0 Å². The zero-order valence-corrected chi connectivity index (χ0v) is 20.2. The van der Waals surface area contributed by atoms with E-state index in [0.29, 0.717) is 49.3 Å². The van der Waals surface area contributed by atoms with Gasteiger partial charge in [-0.05, 0) is 36.4 Å². The van der Waals surface area contributed by atoms with Crippen molar-refractivity contribution in [2.24, 2.45) is 0 Å². The molecule has 12 heteroatoms. The number of aromatic nitrogens is 3. The van der Waals surface area contributed by atoms with E-state index in [2.05, 4.69) is 32.2 Å². The van der Waals surface area contributed by atoms with Crippen LogP contribution in [0.3, 0.4) is 0 Å². The van der Waals surface area contributed by atoms with Crippen LogP contribution in [-0.2, 0) is 11.3 Å². The lowest BCUT2D eigenvalue weighted by Crippen LogP contribution is -2.20. The maximum Gasteiger partial charge on any atom is 0.243 e. The fourth-order valence-electron chi connectivity index (χ4n) is 2.93. The second-order valence-corrected chi connectivity index (χ2v) is 8.25. The highest BCUT2D eigenvalue weighted by atomic mass is 35.5. The van der Waals surface area contributed by atoms with Gasteiger partial charge in [0.15, 0.2) is 0 Å². The number of oxazole rings is 1. The molecule has 0 fully saturated rings. The number of benzene rings is 2. The summed E-state index contributed by atoms with van der Waals surface area (Å²) < 4.78 is 11.4. The summed E-state index contributed by atoms with van der Waals surface area (Å²) in [7, 11) is 0. The van der Waals surface area contributed by atoms with Crippen LogP contribution in [-0.4, -0.2) is 20.9 Å². The van der Waals surface area contributed by atoms with E-state index in [0.717, 1.165) is 6.08 Å². The summed E-state index contributed by atoms with van der Waals surface area (Å²) in [6.45, 7) is 3.55. The first-order chi connectivity index (χ1) is 16.8. The molecule has 2 aromatic carbocycles. The molecule has 2 aromatic heterocycles. The number of amides is 1. The van der Waals surface area contributed by atoms with Gasteiger partial charge in [-0.2, -0.15) is 0 Å². The van der Waals surface area contributed by atoms with E-state index >= 15 is 0 Å². The Labute approximate surface area is 214 Å². The van der Waals surface area contributed by atoms with Crippen LogP contribution in [0.25, 0.3) is 11.5 Å². The topological polar surface area (TPSA) is 128 Å². The minimum atomic E-state index is -0.332. The molecule has 0 aliphatic rings. The lowest BCUT2D eigenvalue weighted by Gasteiger charge is -2.13. The number of nitrogens with zero attached hydrogens (tertiary/aromatic N) is 3. The van der Waals surface area contributed by atoms with Crippen LogP contribution in [0.2, 0.25) is 15.1 Å². The Bertz CT molecular complexity index is 1410. The third kappa shape index (κ3) is 5.83. The molecule has 0 spiro atoms. The first-order valence-electron chi connectivity index (χ1n) is 9.99. The lowest BCUT2D eigenvalue weighted by atomic mass is 10.2. The zero-order chi connectivity index (χ0) is 24.9. The Kier molecular flexibility index (Phi) is 7.40. The number of hydrogen-bond donors (Lipinski definition) is 3. The van der Waals surface area contributed by atoms with Crippen molar-refractivity contribution in [3.63, 3.8) is 0 Å². The number of anilines is 3. The van der Waals surface area contributed by atoms with Gasteiger partial charge in [0.05, 0.1) is 22.3 Å². The van der Waals surface area contributed by atoms with E-state index in [9.17, 15) is 4.79 Å². The maximum absolute atomic E-state index is 11.4. The van der Waals surface area contributed by atoms with E-state index in [1.54, 1.807) is 36.4 Å². The van der Waals surface area contributed by atoms with Gasteiger partial charge in [-0.15, -0.1) is 0 Å². The van der Waals surface area contributed by atoms with Crippen LogP contribution >= 0.6 is 34.8 Å². The van der Waals surface area contributed by atoms with Gasteiger partial charge < -0.3 is 25.5 Å². The quantitative estimate of drug-likeness (QED) is 0.236. The second-order valence-electron chi connectivity index (χ2n) is 7.00. The van der Waals surface area contributed by atoms with Crippen LogP contribution in [0.1, 0.15) is 5.69 Å². The van der Waals surface area contributed by atoms with Gasteiger partial charge in [0.1, 0.15) is 41.3 Å². The molecule has 0 atom stereocenters. The highest BCUT2D eigenvalue weighted by molar-refractivity contribution is 6.34. The number of nitrogen functional groups attached to an aromatic ring is 1. The highest BCUT2D eigenvalue weighted by Gasteiger charge is 2.18. The van der Waals surface area contributed by atoms with Crippen LogP contribution in [0.15, 0.2) is 66.1 Å². The van der Waals surface area contributed by atoms with E-state index in [-0.39, 0.29) is 24.2 Å². The number of ether oxygens (including phenoxy) is 1. The van der Waals surface area contributed by atoms with Crippen molar-refractivity contribution in [3.8, 4) is 23.0 Å². The number of rotatable bonds is 8. The van der Waals surface area contributed by atoms with E-state index in [1.807, 2.05) is 0 Å². The zero-order valence-electron chi connectivity index (χ0n) is 17.9. The molecule has 0 saturated carbocycles. The Balaban J connectivity index is 1.56. The fraction of sp³-hybridized carbons (Fsp3) is 0.0435. The molecule has 1 amide bonds. The molecule has 0 aliphatic heterocycles. The number of halogens is 3. The second kappa shape index (κ2) is 10.6. The summed E-state index contributed by atoms with van der Waals surface area (Å²) in [4.78, 5) is 24.0. The summed E-state index contributed by atoms with van der Waals surface area (Å²) in [6, 6.07) is 9.92. The summed E-state index contributed by atoms with van der Waals surface area (Å²) in [5, 5.41) is 6.93.